The number of hydrogen-bond donors (Lipinski definition) is 0. The smallest absolute Gasteiger partial charge is 0.278 e. The lowest BCUT2D eigenvalue weighted by Gasteiger charge is -2.19. The van der Waals surface area contributed by atoms with E-state index in [2.05, 4.69) is 5.10 Å². The summed E-state index contributed by atoms with van der Waals surface area (Å²) in [4.78, 5) is 22.5. The molecule has 0 saturated heterocycles. The van der Waals surface area contributed by atoms with Crippen LogP contribution in [0.4, 0.5) is 10.1 Å². The first kappa shape index (κ1) is 15.6. The van der Waals surface area contributed by atoms with Gasteiger partial charge in [0.1, 0.15) is 5.82 Å². The summed E-state index contributed by atoms with van der Waals surface area (Å²) in [5, 5.41) is 16.3. The maximum absolute atomic E-state index is 13.0. The monoisotopic (exact) mass is 329 g/mol. The Morgan fingerprint density at radius 3 is 2.54 bits per heavy atom. The van der Waals surface area contributed by atoms with Crippen LogP contribution in [0.3, 0.4) is 0 Å². The average molecular weight is 329 g/mol. The zero-order valence-electron chi connectivity index (χ0n) is 12.5. The molecule has 7 nitrogen and oxygen atoms in total. The highest BCUT2D eigenvalue weighted by atomic mass is 19.1. The summed E-state index contributed by atoms with van der Waals surface area (Å²) in [7, 11) is 0. The number of nitro benzene ring substituents is 1. The molecule has 0 aliphatic carbocycles. The van der Waals surface area contributed by atoms with Crippen molar-refractivity contribution < 1.29 is 18.8 Å². The van der Waals surface area contributed by atoms with Crippen LogP contribution in [-0.2, 0) is 9.53 Å². The number of rotatable bonds is 3. The van der Waals surface area contributed by atoms with Crippen molar-refractivity contribution >= 4 is 17.5 Å². The highest BCUT2D eigenvalue weighted by Gasteiger charge is 2.37. The lowest BCUT2D eigenvalue weighted by molar-refractivity contribution is -0.386. The standard InChI is InChI=1S/C16H12FN3O4/c1-10(21)19-16(13-4-2-3-5-14(13)20(22)23)24-15(18-19)11-6-8-12(17)9-7-11/h2-9,16H,1H3/t16-/m1/s1. The quantitative estimate of drug-likeness (QED) is 0.640. The van der Waals surface area contributed by atoms with E-state index >= 15 is 0 Å². The molecule has 0 bridgehead atoms. The second kappa shape index (κ2) is 6.07. The van der Waals surface area contributed by atoms with Crippen LogP contribution in [0.2, 0.25) is 0 Å². The summed E-state index contributed by atoms with van der Waals surface area (Å²) in [6.45, 7) is 1.28. The molecule has 0 unspecified atom stereocenters. The van der Waals surface area contributed by atoms with E-state index in [1.54, 1.807) is 6.07 Å². The zero-order chi connectivity index (χ0) is 17.3. The van der Waals surface area contributed by atoms with Crippen LogP contribution in [0.25, 0.3) is 0 Å². The molecule has 1 aliphatic heterocycles. The van der Waals surface area contributed by atoms with E-state index in [0.29, 0.717) is 5.56 Å². The minimum Gasteiger partial charge on any atom is -0.445 e. The van der Waals surface area contributed by atoms with Crippen LogP contribution in [-0.4, -0.2) is 21.7 Å². The van der Waals surface area contributed by atoms with Gasteiger partial charge in [-0.2, -0.15) is 5.01 Å². The van der Waals surface area contributed by atoms with E-state index < -0.39 is 22.9 Å². The van der Waals surface area contributed by atoms with Crippen molar-refractivity contribution in [3.63, 3.8) is 0 Å². The number of hydrazone groups is 1. The van der Waals surface area contributed by atoms with Gasteiger partial charge in [0.05, 0.1) is 10.5 Å². The Morgan fingerprint density at radius 2 is 1.92 bits per heavy atom. The molecular weight excluding hydrogens is 317 g/mol. The molecule has 2 aromatic rings. The van der Waals surface area contributed by atoms with Crippen molar-refractivity contribution in [2.45, 2.75) is 13.2 Å². The molecule has 122 valence electrons. The van der Waals surface area contributed by atoms with Gasteiger partial charge in [0.25, 0.3) is 5.69 Å². The molecule has 2 aromatic carbocycles. The Bertz CT molecular complexity index is 835. The van der Waals surface area contributed by atoms with Crippen molar-refractivity contribution in [3.8, 4) is 0 Å². The zero-order valence-corrected chi connectivity index (χ0v) is 12.5. The van der Waals surface area contributed by atoms with Crippen LogP contribution < -0.4 is 0 Å². The highest BCUT2D eigenvalue weighted by Crippen LogP contribution is 2.35. The Kier molecular flexibility index (Phi) is 3.95. The maximum Gasteiger partial charge on any atom is 0.278 e. The third-order valence-corrected chi connectivity index (χ3v) is 3.46. The number of hydrogen-bond acceptors (Lipinski definition) is 5. The molecule has 24 heavy (non-hydrogen) atoms. The molecule has 0 spiro atoms. The summed E-state index contributed by atoms with van der Waals surface area (Å²) in [5.41, 5.74) is 0.492. The van der Waals surface area contributed by atoms with E-state index in [0.717, 1.165) is 5.01 Å². The topological polar surface area (TPSA) is 85.0 Å². The second-order valence-corrected chi connectivity index (χ2v) is 5.06. The third-order valence-electron chi connectivity index (χ3n) is 3.46. The van der Waals surface area contributed by atoms with Crippen LogP contribution in [0.5, 0.6) is 0 Å². The average Bonchev–Trinajstić information content (AvgIpc) is 3.01. The van der Waals surface area contributed by atoms with Gasteiger partial charge in [0.15, 0.2) is 0 Å². The minimum atomic E-state index is -1.05. The van der Waals surface area contributed by atoms with Gasteiger partial charge in [0.2, 0.25) is 18.0 Å². The SMILES string of the molecule is CC(=O)N1N=C(c2ccc(F)cc2)O[C@@H]1c1ccccc1[N+](=O)[O-]. The summed E-state index contributed by atoms with van der Waals surface area (Å²) in [5.74, 6) is -0.764. The molecule has 1 atom stereocenters. The summed E-state index contributed by atoms with van der Waals surface area (Å²) < 4.78 is 18.7. The third kappa shape index (κ3) is 2.81. The Morgan fingerprint density at radius 1 is 1.25 bits per heavy atom. The molecule has 0 saturated carbocycles. The highest BCUT2D eigenvalue weighted by molar-refractivity contribution is 5.96. The van der Waals surface area contributed by atoms with E-state index in [4.69, 9.17) is 4.74 Å². The molecule has 0 aromatic heterocycles. The second-order valence-electron chi connectivity index (χ2n) is 5.06. The normalized spacial score (nSPS) is 16.5. The fraction of sp³-hybridized carbons (Fsp3) is 0.125. The Labute approximate surface area is 136 Å². The van der Waals surface area contributed by atoms with Crippen molar-refractivity contribution in [1.29, 1.82) is 0 Å². The number of benzene rings is 2. The molecule has 1 aliphatic rings. The Balaban J connectivity index is 2.00. The number of nitro groups is 1. The van der Waals surface area contributed by atoms with Crippen LogP contribution in [0.15, 0.2) is 53.6 Å². The fourth-order valence-electron chi connectivity index (χ4n) is 2.34. The lowest BCUT2D eigenvalue weighted by atomic mass is 10.1. The summed E-state index contributed by atoms with van der Waals surface area (Å²) >= 11 is 0. The number of amides is 1. The van der Waals surface area contributed by atoms with Gasteiger partial charge >= 0.3 is 0 Å². The first-order valence-electron chi connectivity index (χ1n) is 7.01. The van der Waals surface area contributed by atoms with Gasteiger partial charge in [-0.15, -0.1) is 5.10 Å². The van der Waals surface area contributed by atoms with E-state index in [9.17, 15) is 19.3 Å². The predicted octanol–water partition coefficient (Wildman–Crippen LogP) is 2.97. The number of halogens is 1. The summed E-state index contributed by atoms with van der Waals surface area (Å²) in [6, 6.07) is 11.3. The van der Waals surface area contributed by atoms with Gasteiger partial charge < -0.3 is 4.74 Å². The van der Waals surface area contributed by atoms with Crippen molar-refractivity contribution in [2.75, 3.05) is 0 Å². The van der Waals surface area contributed by atoms with Crippen LogP contribution in [0, 0.1) is 15.9 Å². The number of para-hydroxylation sites is 1. The molecule has 0 N–H and O–H groups in total. The molecule has 8 heteroatoms. The van der Waals surface area contributed by atoms with E-state index in [1.165, 1.54) is 49.4 Å². The number of nitrogens with zero attached hydrogens (tertiary/aromatic N) is 3. The molecular formula is C16H12FN3O4. The maximum atomic E-state index is 13.0. The van der Waals surface area contributed by atoms with Crippen molar-refractivity contribution in [2.24, 2.45) is 5.10 Å². The van der Waals surface area contributed by atoms with Gasteiger partial charge in [-0.3, -0.25) is 14.9 Å². The molecule has 1 amide bonds. The van der Waals surface area contributed by atoms with Gasteiger partial charge in [-0.25, -0.2) is 4.39 Å². The van der Waals surface area contributed by atoms with E-state index in [-0.39, 0.29) is 17.1 Å². The van der Waals surface area contributed by atoms with Gasteiger partial charge in [0, 0.05) is 18.6 Å². The fourth-order valence-corrected chi connectivity index (χ4v) is 2.34. The van der Waals surface area contributed by atoms with Crippen molar-refractivity contribution in [1.82, 2.24) is 5.01 Å². The van der Waals surface area contributed by atoms with E-state index in [1.807, 2.05) is 0 Å². The molecule has 0 radical (unpaired) electrons. The first-order valence-corrected chi connectivity index (χ1v) is 7.01. The Hall–Kier alpha value is -3.29. The largest absolute Gasteiger partial charge is 0.445 e. The van der Waals surface area contributed by atoms with Gasteiger partial charge in [-0.1, -0.05) is 12.1 Å². The number of carbonyl (C=O) groups is 1. The van der Waals surface area contributed by atoms with Crippen molar-refractivity contribution in [3.05, 3.63) is 75.6 Å². The minimum absolute atomic E-state index is 0.0911. The van der Waals surface area contributed by atoms with Crippen LogP contribution >= 0.6 is 0 Å². The molecule has 0 fully saturated rings. The number of ether oxygens (including phenoxy) is 1. The predicted molar refractivity (Wildman–Crippen MR) is 82.4 cm³/mol. The van der Waals surface area contributed by atoms with Gasteiger partial charge in [-0.05, 0) is 30.3 Å². The molecule has 3 rings (SSSR count). The van der Waals surface area contributed by atoms with Crippen LogP contribution in [0.1, 0.15) is 24.3 Å². The lowest BCUT2D eigenvalue weighted by Crippen LogP contribution is -2.25. The summed E-state index contributed by atoms with van der Waals surface area (Å²) in [6.07, 6.45) is -1.05. The number of carbonyl (C=O) groups excluding carboxylic acids is 1. The first-order chi connectivity index (χ1) is 11.5. The molecule has 1 heterocycles.